The van der Waals surface area contributed by atoms with Crippen LogP contribution in [0.1, 0.15) is 67.7 Å². The summed E-state index contributed by atoms with van der Waals surface area (Å²) < 4.78 is 23.0. The van der Waals surface area contributed by atoms with Crippen LogP contribution in [0.5, 0.6) is 0 Å². The summed E-state index contributed by atoms with van der Waals surface area (Å²) in [6.45, 7) is 16.4. The Morgan fingerprint density at radius 1 is 1.10 bits per heavy atom. The summed E-state index contributed by atoms with van der Waals surface area (Å²) >= 11 is 0. The number of carbonyl (C=O) groups excluding carboxylic acids is 3. The van der Waals surface area contributed by atoms with Crippen molar-refractivity contribution in [2.75, 3.05) is 26.2 Å². The van der Waals surface area contributed by atoms with Crippen LogP contribution in [-0.2, 0) is 33.3 Å². The van der Waals surface area contributed by atoms with Gasteiger partial charge in [-0.05, 0) is 46.0 Å². The van der Waals surface area contributed by atoms with Gasteiger partial charge in [0.25, 0.3) is 0 Å². The smallest absolute Gasteiger partial charge is 0.344 e. The molecule has 0 bridgehead atoms. The monoisotopic (exact) mass is 581 g/mol. The van der Waals surface area contributed by atoms with Crippen molar-refractivity contribution in [3.05, 3.63) is 12.7 Å². The van der Waals surface area contributed by atoms with Crippen molar-refractivity contribution in [2.24, 2.45) is 16.7 Å². The van der Waals surface area contributed by atoms with Crippen LogP contribution < -0.4 is 0 Å². The molecule has 4 fully saturated rings. The van der Waals surface area contributed by atoms with Gasteiger partial charge in [0.1, 0.15) is 5.60 Å². The first-order valence-electron chi connectivity index (χ1n) is 14.5. The van der Waals surface area contributed by atoms with E-state index in [1.165, 1.54) is 13.0 Å². The highest BCUT2D eigenvalue weighted by atomic mass is 16.6. The third kappa shape index (κ3) is 5.06. The lowest BCUT2D eigenvalue weighted by atomic mass is 9.40. The van der Waals surface area contributed by atoms with Gasteiger partial charge in [0.2, 0.25) is 0 Å². The first-order valence-corrected chi connectivity index (χ1v) is 14.5. The van der Waals surface area contributed by atoms with Crippen LogP contribution in [0, 0.1) is 16.7 Å². The van der Waals surface area contributed by atoms with Crippen molar-refractivity contribution in [1.82, 2.24) is 4.90 Å². The van der Waals surface area contributed by atoms with E-state index in [9.17, 15) is 29.7 Å². The van der Waals surface area contributed by atoms with Crippen LogP contribution >= 0.6 is 0 Å². The molecular formula is C30H47NO10. The topological polar surface area (TPSA) is 152 Å². The number of ketones is 1. The molecule has 10 atom stereocenters. The zero-order valence-corrected chi connectivity index (χ0v) is 25.3. The number of aliphatic hydroxyl groups is 3. The molecule has 4 rings (SSSR count). The van der Waals surface area contributed by atoms with Crippen LogP contribution in [0.2, 0.25) is 0 Å². The number of rotatable bonds is 6. The van der Waals surface area contributed by atoms with E-state index in [4.69, 9.17) is 18.9 Å². The number of hydrogen-bond acceptors (Lipinski definition) is 11. The van der Waals surface area contributed by atoms with E-state index in [-0.39, 0.29) is 25.2 Å². The normalized spacial score (nSPS) is 46.1. The number of nitrogens with zero attached hydrogens (tertiary/aromatic N) is 1. The van der Waals surface area contributed by atoms with E-state index in [1.807, 2.05) is 32.6 Å². The number of ether oxygens (including phenoxy) is 4. The molecular weight excluding hydrogens is 534 g/mol. The summed E-state index contributed by atoms with van der Waals surface area (Å²) in [6, 6.07) is 0. The molecule has 3 N–H and O–H groups in total. The lowest BCUT2D eigenvalue weighted by molar-refractivity contribution is -0.370. The average Bonchev–Trinajstić information content (AvgIpc) is 2.85. The minimum atomic E-state index is -2.32. The summed E-state index contributed by atoms with van der Waals surface area (Å²) in [4.78, 5) is 41.5. The highest BCUT2D eigenvalue weighted by molar-refractivity contribution is 5.92. The lowest BCUT2D eigenvalue weighted by Gasteiger charge is -2.71. The minimum absolute atomic E-state index is 0.0311. The highest BCUT2D eigenvalue weighted by Crippen LogP contribution is 2.67. The average molecular weight is 582 g/mol. The third-order valence-corrected chi connectivity index (χ3v) is 10.2. The molecule has 11 heteroatoms. The molecule has 0 spiro atoms. The van der Waals surface area contributed by atoms with Gasteiger partial charge in [-0.2, -0.15) is 0 Å². The van der Waals surface area contributed by atoms with Gasteiger partial charge in [-0.25, -0.2) is 4.79 Å². The van der Waals surface area contributed by atoms with Gasteiger partial charge in [-0.15, -0.1) is 6.58 Å². The van der Waals surface area contributed by atoms with Crippen LogP contribution in [-0.4, -0.2) is 112 Å². The molecule has 4 aliphatic rings. The molecule has 41 heavy (non-hydrogen) atoms. The predicted octanol–water partition coefficient (Wildman–Crippen LogP) is 1.15. The Bertz CT molecular complexity index is 1070. The maximum atomic E-state index is 13.9. The van der Waals surface area contributed by atoms with Crippen molar-refractivity contribution in [3.63, 3.8) is 0 Å². The Labute approximate surface area is 242 Å². The molecule has 0 aromatic carbocycles. The maximum absolute atomic E-state index is 13.9. The van der Waals surface area contributed by atoms with E-state index in [0.717, 1.165) is 0 Å². The van der Waals surface area contributed by atoms with Crippen LogP contribution in [0.15, 0.2) is 12.7 Å². The van der Waals surface area contributed by atoms with Gasteiger partial charge in [-0.3, -0.25) is 14.5 Å². The molecule has 11 nitrogen and oxygen atoms in total. The fourth-order valence-corrected chi connectivity index (χ4v) is 8.44. The first-order chi connectivity index (χ1) is 18.8. The van der Waals surface area contributed by atoms with Gasteiger partial charge in [-0.1, -0.05) is 26.8 Å². The molecule has 2 saturated carbocycles. The number of esters is 2. The molecule has 2 unspecified atom stereocenters. The summed E-state index contributed by atoms with van der Waals surface area (Å²) in [5.41, 5.74) is -7.70. The van der Waals surface area contributed by atoms with Crippen molar-refractivity contribution < 1.29 is 48.7 Å². The number of fused-ring (bicyclic) bond motifs is 3. The molecule has 232 valence electrons. The second kappa shape index (κ2) is 10.7. The number of carbonyl (C=O) groups is 3. The fourth-order valence-electron chi connectivity index (χ4n) is 8.44. The lowest BCUT2D eigenvalue weighted by Crippen LogP contribution is -2.86. The van der Waals surface area contributed by atoms with E-state index in [0.29, 0.717) is 25.9 Å². The largest absolute Gasteiger partial charge is 0.454 e. The molecule has 2 heterocycles. The predicted molar refractivity (Wildman–Crippen MR) is 147 cm³/mol. The van der Waals surface area contributed by atoms with E-state index >= 15 is 0 Å². The summed E-state index contributed by atoms with van der Waals surface area (Å²) in [5.74, 6) is -3.02. The molecule has 0 radical (unpaired) electrons. The van der Waals surface area contributed by atoms with Gasteiger partial charge >= 0.3 is 11.9 Å². The first kappa shape index (κ1) is 32.0. The van der Waals surface area contributed by atoms with Gasteiger partial charge < -0.3 is 34.3 Å². The number of Topliss-reactive ketones (excluding diaryl/α,β-unsaturated/α-hetero) is 1. The second-order valence-electron chi connectivity index (χ2n) is 13.9. The standard InChI is InChI=1S/C30H47NO10/c1-9-27(6)12-20(33)30(37)28(7)19(32)10-11-26(4,5)24(28)23(36)25(29(30,8)41-27)40-22(35)16-38-21(34)15-31-13-17(2)39-18(3)14-31/h9,17-19,23-25,32,36-37H,1,10-16H2,2-8H3/t17?,18?,19-,23-,24-,25-,27-,28-,29+,30-/m0/s1. The molecule has 0 aromatic rings. The molecule has 0 aromatic heterocycles. The zero-order chi connectivity index (χ0) is 30.8. The summed E-state index contributed by atoms with van der Waals surface area (Å²) in [6.07, 6.45) is -2.14. The summed E-state index contributed by atoms with van der Waals surface area (Å²) in [5, 5.41) is 35.7. The molecule has 0 amide bonds. The quantitative estimate of drug-likeness (QED) is 0.306. The van der Waals surface area contributed by atoms with Crippen LogP contribution in [0.4, 0.5) is 0 Å². The Balaban J connectivity index is 1.61. The molecule has 2 saturated heterocycles. The number of aliphatic hydroxyl groups excluding tert-OH is 2. The van der Waals surface area contributed by atoms with E-state index in [2.05, 4.69) is 6.58 Å². The van der Waals surface area contributed by atoms with Crippen molar-refractivity contribution in [3.8, 4) is 0 Å². The van der Waals surface area contributed by atoms with Gasteiger partial charge in [0.15, 0.2) is 24.1 Å². The van der Waals surface area contributed by atoms with E-state index in [1.54, 1.807) is 13.8 Å². The Morgan fingerprint density at radius 2 is 1.71 bits per heavy atom. The SMILES string of the molecule is C=C[C@@]1(C)CC(=O)[C@]2(O)[C@@]3(C)[C@@H](O)CCC(C)(C)[C@@H]3[C@H](O)[C@H](OC(=O)COC(=O)CN3CC(C)OC(C)C3)[C@@]2(C)O1. The number of hydrogen-bond donors (Lipinski definition) is 3. The third-order valence-electron chi connectivity index (χ3n) is 10.2. The van der Waals surface area contributed by atoms with E-state index < -0.39 is 76.2 Å². The Hall–Kier alpha value is -1.89. The minimum Gasteiger partial charge on any atom is -0.454 e. The van der Waals surface area contributed by atoms with Crippen molar-refractivity contribution in [2.45, 2.75) is 115 Å². The maximum Gasteiger partial charge on any atom is 0.344 e. The Morgan fingerprint density at radius 3 is 2.29 bits per heavy atom. The fraction of sp³-hybridized carbons (Fsp3) is 0.833. The molecule has 2 aliphatic carbocycles. The van der Waals surface area contributed by atoms with Gasteiger partial charge in [0, 0.05) is 30.8 Å². The summed E-state index contributed by atoms with van der Waals surface area (Å²) in [7, 11) is 0. The zero-order valence-electron chi connectivity index (χ0n) is 25.3. The van der Waals surface area contributed by atoms with Gasteiger partial charge in [0.05, 0.1) is 36.6 Å². The highest BCUT2D eigenvalue weighted by Gasteiger charge is 2.81. The Kier molecular flexibility index (Phi) is 8.34. The van der Waals surface area contributed by atoms with Crippen molar-refractivity contribution >= 4 is 17.7 Å². The van der Waals surface area contributed by atoms with Crippen LogP contribution in [0.3, 0.4) is 0 Å². The second-order valence-corrected chi connectivity index (χ2v) is 13.9. The number of morpholine rings is 1. The van der Waals surface area contributed by atoms with Crippen molar-refractivity contribution in [1.29, 1.82) is 0 Å². The molecule has 2 aliphatic heterocycles. The van der Waals surface area contributed by atoms with Crippen LogP contribution in [0.25, 0.3) is 0 Å².